The summed E-state index contributed by atoms with van der Waals surface area (Å²) in [5.74, 6) is 0. The van der Waals surface area contributed by atoms with Crippen molar-refractivity contribution >= 4 is 28.3 Å². The normalized spacial score (nSPS) is 25.8. The molecular formula is C13H19IN2. The van der Waals surface area contributed by atoms with Crippen molar-refractivity contribution in [2.45, 2.75) is 32.4 Å². The molecule has 16 heavy (non-hydrogen) atoms. The molecule has 88 valence electrons. The molecule has 0 bridgehead atoms. The number of nitrogens with zero attached hydrogens (tertiary/aromatic N) is 1. The van der Waals surface area contributed by atoms with Gasteiger partial charge in [0.15, 0.2) is 0 Å². The molecule has 1 aliphatic rings. The van der Waals surface area contributed by atoms with Gasteiger partial charge in [-0.2, -0.15) is 0 Å². The zero-order valence-electron chi connectivity index (χ0n) is 9.91. The van der Waals surface area contributed by atoms with Crippen molar-refractivity contribution in [3.8, 4) is 0 Å². The van der Waals surface area contributed by atoms with Gasteiger partial charge in [-0.05, 0) is 54.1 Å². The van der Waals surface area contributed by atoms with E-state index in [0.717, 1.165) is 13.1 Å². The average Bonchev–Trinajstić information content (AvgIpc) is 2.30. The predicted molar refractivity (Wildman–Crippen MR) is 78.0 cm³/mol. The summed E-state index contributed by atoms with van der Waals surface area (Å²) < 4.78 is 1.31. The van der Waals surface area contributed by atoms with Gasteiger partial charge in [-0.15, -0.1) is 0 Å². The highest BCUT2D eigenvalue weighted by Crippen LogP contribution is 2.22. The van der Waals surface area contributed by atoms with E-state index in [4.69, 9.17) is 0 Å². The second-order valence-corrected chi connectivity index (χ2v) is 5.74. The van der Waals surface area contributed by atoms with E-state index in [1.807, 2.05) is 0 Å². The monoisotopic (exact) mass is 330 g/mol. The molecule has 1 heterocycles. The summed E-state index contributed by atoms with van der Waals surface area (Å²) in [4.78, 5) is 2.52. The molecule has 1 aliphatic heterocycles. The van der Waals surface area contributed by atoms with Crippen molar-refractivity contribution in [1.29, 1.82) is 0 Å². The Bertz CT molecular complexity index is 354. The Morgan fingerprint density at radius 3 is 3.00 bits per heavy atom. The molecule has 2 nitrogen and oxygen atoms in total. The lowest BCUT2D eigenvalue weighted by Crippen LogP contribution is -2.55. The topological polar surface area (TPSA) is 15.3 Å². The minimum Gasteiger partial charge on any atom is -0.366 e. The van der Waals surface area contributed by atoms with Gasteiger partial charge in [-0.3, -0.25) is 0 Å². The fraction of sp³-hybridized carbons (Fsp3) is 0.538. The lowest BCUT2D eigenvalue weighted by Gasteiger charge is -2.40. The van der Waals surface area contributed by atoms with Crippen LogP contribution in [0.3, 0.4) is 0 Å². The Balaban J connectivity index is 2.17. The van der Waals surface area contributed by atoms with Crippen LogP contribution in [0.2, 0.25) is 0 Å². The molecule has 1 fully saturated rings. The lowest BCUT2D eigenvalue weighted by atomic mass is 10.1. The van der Waals surface area contributed by atoms with E-state index < -0.39 is 0 Å². The van der Waals surface area contributed by atoms with Crippen molar-refractivity contribution in [2.75, 3.05) is 18.0 Å². The van der Waals surface area contributed by atoms with Crippen LogP contribution in [-0.4, -0.2) is 25.2 Å². The van der Waals surface area contributed by atoms with Gasteiger partial charge in [0.1, 0.15) is 0 Å². The molecule has 2 atom stereocenters. The molecule has 1 N–H and O–H groups in total. The number of rotatable bonds is 2. The standard InChI is InChI=1S/C13H19IN2/c1-3-12-9-16(10(2)8-15-12)13-6-4-5-11(14)7-13/h4-7,10,12,15H,3,8-9H2,1-2H3. The van der Waals surface area contributed by atoms with Crippen LogP contribution < -0.4 is 10.2 Å². The molecule has 0 radical (unpaired) electrons. The van der Waals surface area contributed by atoms with Crippen molar-refractivity contribution in [2.24, 2.45) is 0 Å². The van der Waals surface area contributed by atoms with Gasteiger partial charge in [0.05, 0.1) is 0 Å². The molecule has 0 amide bonds. The van der Waals surface area contributed by atoms with Crippen LogP contribution in [0.4, 0.5) is 5.69 Å². The van der Waals surface area contributed by atoms with Crippen molar-refractivity contribution in [3.05, 3.63) is 27.8 Å². The molecule has 2 unspecified atom stereocenters. The molecule has 0 aromatic heterocycles. The Kier molecular flexibility index (Phi) is 4.08. The number of anilines is 1. The van der Waals surface area contributed by atoms with E-state index >= 15 is 0 Å². The van der Waals surface area contributed by atoms with Crippen LogP contribution in [0, 0.1) is 3.57 Å². The zero-order chi connectivity index (χ0) is 11.5. The highest BCUT2D eigenvalue weighted by molar-refractivity contribution is 14.1. The molecular weight excluding hydrogens is 311 g/mol. The van der Waals surface area contributed by atoms with Crippen molar-refractivity contribution in [3.63, 3.8) is 0 Å². The van der Waals surface area contributed by atoms with Gasteiger partial charge in [-0.25, -0.2) is 0 Å². The van der Waals surface area contributed by atoms with Gasteiger partial charge in [-0.1, -0.05) is 13.0 Å². The summed E-state index contributed by atoms with van der Waals surface area (Å²) in [6.45, 7) is 6.75. The van der Waals surface area contributed by atoms with Crippen LogP contribution in [0.15, 0.2) is 24.3 Å². The molecule has 0 saturated carbocycles. The van der Waals surface area contributed by atoms with Gasteiger partial charge >= 0.3 is 0 Å². The fourth-order valence-corrected chi connectivity index (χ4v) is 2.74. The first-order chi connectivity index (χ1) is 7.70. The van der Waals surface area contributed by atoms with Crippen LogP contribution >= 0.6 is 22.6 Å². The highest BCUT2D eigenvalue weighted by atomic mass is 127. The Morgan fingerprint density at radius 2 is 2.31 bits per heavy atom. The van der Waals surface area contributed by atoms with Gasteiger partial charge in [0.2, 0.25) is 0 Å². The van der Waals surface area contributed by atoms with E-state index in [1.165, 1.54) is 15.7 Å². The summed E-state index contributed by atoms with van der Waals surface area (Å²) in [6, 6.07) is 10.0. The van der Waals surface area contributed by atoms with Crippen LogP contribution in [0.5, 0.6) is 0 Å². The summed E-state index contributed by atoms with van der Waals surface area (Å²) in [5.41, 5.74) is 1.36. The van der Waals surface area contributed by atoms with E-state index in [9.17, 15) is 0 Å². The summed E-state index contributed by atoms with van der Waals surface area (Å²) in [5, 5.41) is 3.59. The third-order valence-electron chi connectivity index (χ3n) is 3.28. The molecule has 1 aromatic carbocycles. The number of halogens is 1. The van der Waals surface area contributed by atoms with Gasteiger partial charge < -0.3 is 10.2 Å². The minimum absolute atomic E-state index is 0.584. The SMILES string of the molecule is CCC1CN(c2cccc(I)c2)C(C)CN1. The van der Waals surface area contributed by atoms with Crippen LogP contribution in [-0.2, 0) is 0 Å². The second kappa shape index (κ2) is 5.36. The Labute approximate surface area is 112 Å². The second-order valence-electron chi connectivity index (χ2n) is 4.49. The first-order valence-electron chi connectivity index (χ1n) is 5.96. The van der Waals surface area contributed by atoms with Crippen molar-refractivity contribution < 1.29 is 0 Å². The number of hydrogen-bond donors (Lipinski definition) is 1. The van der Waals surface area contributed by atoms with E-state index in [-0.39, 0.29) is 0 Å². The summed E-state index contributed by atoms with van der Waals surface area (Å²) in [7, 11) is 0. The number of nitrogens with one attached hydrogen (secondary N) is 1. The van der Waals surface area contributed by atoms with Gasteiger partial charge in [0, 0.05) is 34.4 Å². The minimum atomic E-state index is 0.584. The van der Waals surface area contributed by atoms with E-state index in [2.05, 4.69) is 70.9 Å². The molecule has 1 aromatic rings. The molecule has 0 spiro atoms. The maximum Gasteiger partial charge on any atom is 0.0387 e. The summed E-state index contributed by atoms with van der Waals surface area (Å²) >= 11 is 2.38. The summed E-state index contributed by atoms with van der Waals surface area (Å²) in [6.07, 6.45) is 1.20. The predicted octanol–water partition coefficient (Wildman–Crippen LogP) is 2.87. The number of benzene rings is 1. The molecule has 3 heteroatoms. The van der Waals surface area contributed by atoms with Gasteiger partial charge in [0.25, 0.3) is 0 Å². The van der Waals surface area contributed by atoms with Crippen LogP contribution in [0.1, 0.15) is 20.3 Å². The molecule has 0 aliphatic carbocycles. The first kappa shape index (κ1) is 12.2. The van der Waals surface area contributed by atoms with E-state index in [1.54, 1.807) is 0 Å². The quantitative estimate of drug-likeness (QED) is 0.839. The first-order valence-corrected chi connectivity index (χ1v) is 7.04. The zero-order valence-corrected chi connectivity index (χ0v) is 12.1. The van der Waals surface area contributed by atoms with E-state index in [0.29, 0.717) is 12.1 Å². The van der Waals surface area contributed by atoms with Crippen LogP contribution in [0.25, 0.3) is 0 Å². The number of hydrogen-bond acceptors (Lipinski definition) is 2. The average molecular weight is 330 g/mol. The third kappa shape index (κ3) is 2.69. The maximum absolute atomic E-state index is 3.59. The lowest BCUT2D eigenvalue weighted by molar-refractivity contribution is 0.397. The third-order valence-corrected chi connectivity index (χ3v) is 3.95. The smallest absolute Gasteiger partial charge is 0.0387 e. The highest BCUT2D eigenvalue weighted by Gasteiger charge is 2.23. The van der Waals surface area contributed by atoms with Crippen molar-refractivity contribution in [1.82, 2.24) is 5.32 Å². The fourth-order valence-electron chi connectivity index (χ4n) is 2.22. The largest absolute Gasteiger partial charge is 0.366 e. The Morgan fingerprint density at radius 1 is 1.50 bits per heavy atom. The Hall–Kier alpha value is -0.290. The number of piperazine rings is 1. The molecule has 1 saturated heterocycles. The molecule has 2 rings (SSSR count). The maximum atomic E-state index is 3.59.